The predicted molar refractivity (Wildman–Crippen MR) is 74.1 cm³/mol. The molecule has 0 amide bonds. The zero-order valence-electron chi connectivity index (χ0n) is 10.9. The van der Waals surface area contributed by atoms with Gasteiger partial charge in [0.2, 0.25) is 5.96 Å². The molecule has 0 saturated carbocycles. The summed E-state index contributed by atoms with van der Waals surface area (Å²) in [7, 11) is -3.59. The summed E-state index contributed by atoms with van der Waals surface area (Å²) in [6.07, 6.45) is 0.850. The number of hydrogen-bond donors (Lipinski definition) is 2. The number of rotatable bonds is 4. The highest BCUT2D eigenvalue weighted by molar-refractivity contribution is 7.90. The highest BCUT2D eigenvalue weighted by atomic mass is 32.2. The molecular formula is C12H17N3O3S. The number of guanidine groups is 1. The van der Waals surface area contributed by atoms with Gasteiger partial charge in [0.15, 0.2) is 0 Å². The van der Waals surface area contributed by atoms with Gasteiger partial charge in [0, 0.05) is 12.6 Å². The van der Waals surface area contributed by atoms with Gasteiger partial charge in [0.25, 0.3) is 10.0 Å². The Morgan fingerprint density at radius 1 is 1.32 bits per heavy atom. The van der Waals surface area contributed by atoms with Crippen LogP contribution in [-0.4, -0.2) is 27.5 Å². The van der Waals surface area contributed by atoms with Crippen LogP contribution in [-0.2, 0) is 10.0 Å². The monoisotopic (exact) mass is 283 g/mol. The van der Waals surface area contributed by atoms with Gasteiger partial charge in [-0.1, -0.05) is 6.92 Å². The van der Waals surface area contributed by atoms with Gasteiger partial charge in [-0.15, -0.1) is 0 Å². The molecule has 6 nitrogen and oxygen atoms in total. The lowest BCUT2D eigenvalue weighted by molar-refractivity contribution is 0.339. The molecule has 0 spiro atoms. The van der Waals surface area contributed by atoms with Crippen LogP contribution in [0.1, 0.15) is 20.3 Å². The Labute approximate surface area is 112 Å². The van der Waals surface area contributed by atoms with Gasteiger partial charge in [-0.3, -0.25) is 4.99 Å². The molecule has 0 bridgehead atoms. The molecule has 19 heavy (non-hydrogen) atoms. The fraction of sp³-hybridized carbons (Fsp3) is 0.417. The lowest BCUT2D eigenvalue weighted by Crippen LogP contribution is -2.40. The van der Waals surface area contributed by atoms with Crippen molar-refractivity contribution in [3.63, 3.8) is 0 Å². The quantitative estimate of drug-likeness (QED) is 0.878. The van der Waals surface area contributed by atoms with Gasteiger partial charge in [-0.25, -0.2) is 13.1 Å². The van der Waals surface area contributed by atoms with Crippen LogP contribution in [0.15, 0.2) is 28.1 Å². The van der Waals surface area contributed by atoms with Gasteiger partial charge in [-0.05, 0) is 25.5 Å². The summed E-state index contributed by atoms with van der Waals surface area (Å²) in [4.78, 5) is 4.31. The number of benzene rings is 1. The molecule has 104 valence electrons. The largest absolute Gasteiger partial charge is 0.494 e. The minimum Gasteiger partial charge on any atom is -0.494 e. The number of aliphatic imine (C=N–C) groups is 1. The summed E-state index contributed by atoms with van der Waals surface area (Å²) in [6, 6.07) is 4.92. The molecule has 1 aromatic rings. The van der Waals surface area contributed by atoms with Crippen molar-refractivity contribution in [3.8, 4) is 5.75 Å². The Bertz CT molecular complexity index is 596. The van der Waals surface area contributed by atoms with Crippen LogP contribution in [0.4, 0.5) is 5.69 Å². The van der Waals surface area contributed by atoms with Gasteiger partial charge in [0.1, 0.15) is 10.6 Å². The van der Waals surface area contributed by atoms with E-state index in [-0.39, 0.29) is 10.9 Å². The molecule has 0 fully saturated rings. The first-order valence-electron chi connectivity index (χ1n) is 6.18. The molecule has 7 heteroatoms. The maximum Gasteiger partial charge on any atom is 0.266 e. The minimum atomic E-state index is -3.59. The summed E-state index contributed by atoms with van der Waals surface area (Å²) < 4.78 is 31.9. The first kappa shape index (κ1) is 13.7. The van der Waals surface area contributed by atoms with Gasteiger partial charge >= 0.3 is 0 Å². The van der Waals surface area contributed by atoms with E-state index in [0.29, 0.717) is 24.6 Å². The third-order valence-electron chi connectivity index (χ3n) is 2.53. The van der Waals surface area contributed by atoms with E-state index in [1.807, 2.05) is 13.8 Å². The van der Waals surface area contributed by atoms with Gasteiger partial charge in [-0.2, -0.15) is 0 Å². The molecule has 0 aromatic heterocycles. The summed E-state index contributed by atoms with van der Waals surface area (Å²) >= 11 is 0. The van der Waals surface area contributed by atoms with Crippen molar-refractivity contribution < 1.29 is 13.2 Å². The molecule has 0 atom stereocenters. The molecule has 0 saturated heterocycles. The highest BCUT2D eigenvalue weighted by Gasteiger charge is 2.26. The number of sulfonamides is 1. The third kappa shape index (κ3) is 2.98. The fourth-order valence-electron chi connectivity index (χ4n) is 1.72. The Morgan fingerprint density at radius 2 is 2.11 bits per heavy atom. The Hall–Kier alpha value is -1.76. The molecule has 1 heterocycles. The molecule has 1 aliphatic rings. The number of anilines is 1. The van der Waals surface area contributed by atoms with Crippen LogP contribution in [0.25, 0.3) is 0 Å². The van der Waals surface area contributed by atoms with E-state index in [4.69, 9.17) is 4.74 Å². The van der Waals surface area contributed by atoms with Crippen LogP contribution < -0.4 is 14.8 Å². The molecule has 2 N–H and O–H groups in total. The Balaban J connectivity index is 2.38. The minimum absolute atomic E-state index is 0.175. The van der Waals surface area contributed by atoms with Crippen molar-refractivity contribution in [2.24, 2.45) is 4.99 Å². The van der Waals surface area contributed by atoms with Crippen molar-refractivity contribution in [2.45, 2.75) is 25.2 Å². The summed E-state index contributed by atoms with van der Waals surface area (Å²) in [6.45, 7) is 4.88. The van der Waals surface area contributed by atoms with Crippen molar-refractivity contribution >= 4 is 21.7 Å². The van der Waals surface area contributed by atoms with Crippen molar-refractivity contribution in [1.29, 1.82) is 0 Å². The summed E-state index contributed by atoms with van der Waals surface area (Å²) in [5.74, 6) is 0.792. The number of fused-ring (bicyclic) bond motifs is 1. The zero-order chi connectivity index (χ0) is 13.9. The fourth-order valence-corrected chi connectivity index (χ4v) is 2.88. The second kappa shape index (κ2) is 5.48. The maximum absolute atomic E-state index is 12.1. The first-order chi connectivity index (χ1) is 9.06. The lowest BCUT2D eigenvalue weighted by atomic mass is 10.3. The number of hydrogen-bond acceptors (Lipinski definition) is 4. The first-order valence-corrected chi connectivity index (χ1v) is 7.66. The maximum atomic E-state index is 12.1. The number of nitrogens with one attached hydrogen (secondary N) is 2. The van der Waals surface area contributed by atoms with E-state index in [1.165, 1.54) is 6.07 Å². The normalized spacial score (nSPS) is 18.3. The van der Waals surface area contributed by atoms with Crippen LogP contribution in [0, 0.1) is 0 Å². The lowest BCUT2D eigenvalue weighted by Gasteiger charge is -2.22. The Kier molecular flexibility index (Phi) is 3.94. The van der Waals surface area contributed by atoms with E-state index < -0.39 is 10.0 Å². The molecule has 1 aliphatic heterocycles. The van der Waals surface area contributed by atoms with E-state index in [2.05, 4.69) is 15.0 Å². The summed E-state index contributed by atoms with van der Waals surface area (Å²) in [5.41, 5.74) is 0.511. The molecule has 0 aliphatic carbocycles. The van der Waals surface area contributed by atoms with Crippen molar-refractivity contribution in [3.05, 3.63) is 18.2 Å². The molecule has 0 radical (unpaired) electrons. The van der Waals surface area contributed by atoms with Crippen LogP contribution in [0.2, 0.25) is 0 Å². The van der Waals surface area contributed by atoms with Crippen LogP contribution >= 0.6 is 0 Å². The molecular weight excluding hydrogens is 266 g/mol. The Morgan fingerprint density at radius 3 is 2.79 bits per heavy atom. The zero-order valence-corrected chi connectivity index (χ0v) is 11.8. The van der Waals surface area contributed by atoms with E-state index in [9.17, 15) is 8.42 Å². The van der Waals surface area contributed by atoms with Gasteiger partial charge < -0.3 is 10.1 Å². The molecule has 0 unspecified atom stereocenters. The predicted octanol–water partition coefficient (Wildman–Crippen LogP) is 1.56. The van der Waals surface area contributed by atoms with E-state index in [1.54, 1.807) is 12.1 Å². The van der Waals surface area contributed by atoms with Gasteiger partial charge in [0.05, 0.1) is 12.3 Å². The number of ether oxygens (including phenoxy) is 1. The summed E-state index contributed by atoms with van der Waals surface area (Å²) in [5, 5.41) is 2.96. The molecule has 2 rings (SSSR count). The number of nitrogens with zero attached hydrogens (tertiary/aromatic N) is 1. The average molecular weight is 283 g/mol. The smallest absolute Gasteiger partial charge is 0.266 e. The second-order valence-electron chi connectivity index (χ2n) is 4.05. The topological polar surface area (TPSA) is 79.8 Å². The van der Waals surface area contributed by atoms with Crippen molar-refractivity contribution in [1.82, 2.24) is 4.72 Å². The van der Waals surface area contributed by atoms with Crippen molar-refractivity contribution in [2.75, 3.05) is 18.5 Å². The second-order valence-corrected chi connectivity index (χ2v) is 5.70. The van der Waals surface area contributed by atoms with E-state index >= 15 is 0 Å². The van der Waals surface area contributed by atoms with Crippen LogP contribution in [0.3, 0.4) is 0 Å². The third-order valence-corrected chi connectivity index (χ3v) is 3.91. The average Bonchev–Trinajstić information content (AvgIpc) is 2.37. The van der Waals surface area contributed by atoms with E-state index in [0.717, 1.165) is 6.42 Å². The van der Waals surface area contributed by atoms with Crippen LogP contribution in [0.5, 0.6) is 5.75 Å². The molecule has 1 aromatic carbocycles. The standard InChI is InChI=1S/C12H17N3O3S/c1-3-7-13-12-14-10-6-5-9(18-4-2)8-11(10)19(16,17)15-12/h5-6,8H,3-4,7H2,1-2H3,(H2,13,14,15). The SMILES string of the molecule is CCCN=C1Nc2ccc(OCC)cc2S(=O)(=O)N1. The highest BCUT2D eigenvalue weighted by Crippen LogP contribution is 2.28.